The zero-order chi connectivity index (χ0) is 55.7. The molecule has 0 aliphatic rings. The second-order valence-corrected chi connectivity index (χ2v) is 24.6. The van der Waals surface area contributed by atoms with E-state index in [2.05, 4.69) is 19.2 Å². The van der Waals surface area contributed by atoms with Gasteiger partial charge in [-0.05, 0) is 32.1 Å². The third kappa shape index (κ3) is 63.6. The molecule has 2 atom stereocenters. The summed E-state index contributed by atoms with van der Waals surface area (Å²) in [6, 6.07) is -0.629. The first-order chi connectivity index (χ1) is 38.0. The van der Waals surface area contributed by atoms with Gasteiger partial charge in [-0.3, -0.25) is 9.59 Å². The number of nitrogens with one attached hydrogen (secondary N) is 1. The van der Waals surface area contributed by atoms with Crippen molar-refractivity contribution in [3.63, 3.8) is 0 Å². The highest BCUT2D eigenvalue weighted by atomic mass is 16.5. The normalized spacial score (nSPS) is 12.5. The van der Waals surface area contributed by atoms with E-state index in [1.54, 1.807) is 6.08 Å². The van der Waals surface area contributed by atoms with Gasteiger partial charge in [0, 0.05) is 12.8 Å². The van der Waals surface area contributed by atoms with Crippen molar-refractivity contribution in [3.8, 4) is 0 Å². The van der Waals surface area contributed by atoms with E-state index >= 15 is 0 Å². The van der Waals surface area contributed by atoms with Crippen LogP contribution in [0.2, 0.25) is 0 Å². The lowest BCUT2D eigenvalue weighted by molar-refractivity contribution is -0.143. The fourth-order valence-electron chi connectivity index (χ4n) is 11.4. The van der Waals surface area contributed by atoms with E-state index in [4.69, 9.17) is 4.74 Å². The molecule has 77 heavy (non-hydrogen) atoms. The molecule has 0 spiro atoms. The average Bonchev–Trinajstić information content (AvgIpc) is 3.43. The van der Waals surface area contributed by atoms with Gasteiger partial charge in [0.2, 0.25) is 5.91 Å². The molecule has 458 valence electrons. The zero-order valence-corrected chi connectivity index (χ0v) is 52.5. The van der Waals surface area contributed by atoms with Crippen molar-refractivity contribution in [1.29, 1.82) is 0 Å². The van der Waals surface area contributed by atoms with Crippen molar-refractivity contribution in [1.82, 2.24) is 5.32 Å². The number of hydrogen-bond donors (Lipinski definition) is 3. The van der Waals surface area contributed by atoms with E-state index in [0.717, 1.165) is 38.5 Å². The number of unbranched alkanes of at least 4 members (excludes halogenated alkanes) is 56. The summed E-state index contributed by atoms with van der Waals surface area (Å²) in [6.45, 7) is 4.95. The van der Waals surface area contributed by atoms with Crippen LogP contribution in [0.3, 0.4) is 0 Å². The minimum Gasteiger partial charge on any atom is -0.466 e. The molecule has 0 aromatic heterocycles. The molecule has 0 radical (unpaired) electrons. The molecule has 0 aromatic carbocycles. The molecule has 0 saturated carbocycles. The standard InChI is InChI=1S/C71H139NO5/c1-3-5-7-9-11-13-15-17-19-21-22-23-24-26-29-32-35-39-43-47-51-55-59-63-69(74)68(67-73)72-70(75)64-60-56-52-48-44-40-36-33-30-27-25-28-31-34-38-42-46-50-54-58-62-66-77-71(76)65-61-57-53-49-45-41-37-20-18-16-14-12-10-8-6-4-2/h59,63,68-69,73-74H,3-58,60-62,64-67H2,1-2H3,(H,72,75)/b63-59+. The highest BCUT2D eigenvalue weighted by Gasteiger charge is 2.18. The van der Waals surface area contributed by atoms with Crippen LogP contribution in [0.4, 0.5) is 0 Å². The van der Waals surface area contributed by atoms with Gasteiger partial charge in [-0.25, -0.2) is 0 Å². The van der Waals surface area contributed by atoms with E-state index in [-0.39, 0.29) is 18.5 Å². The summed E-state index contributed by atoms with van der Waals surface area (Å²) in [5.41, 5.74) is 0. The van der Waals surface area contributed by atoms with Crippen molar-refractivity contribution in [2.75, 3.05) is 13.2 Å². The molecule has 0 aliphatic heterocycles. The molecule has 1 amide bonds. The molecule has 0 heterocycles. The van der Waals surface area contributed by atoms with Gasteiger partial charge in [-0.2, -0.15) is 0 Å². The smallest absolute Gasteiger partial charge is 0.305 e. The Morgan fingerprint density at radius 3 is 0.883 bits per heavy atom. The van der Waals surface area contributed by atoms with Gasteiger partial charge in [-0.15, -0.1) is 0 Å². The summed E-state index contributed by atoms with van der Waals surface area (Å²) < 4.78 is 5.50. The van der Waals surface area contributed by atoms with Gasteiger partial charge in [-0.1, -0.05) is 373 Å². The number of esters is 1. The highest BCUT2D eigenvalue weighted by Crippen LogP contribution is 2.19. The van der Waals surface area contributed by atoms with E-state index < -0.39 is 12.1 Å². The number of carbonyl (C=O) groups is 2. The minimum atomic E-state index is -0.846. The van der Waals surface area contributed by atoms with E-state index in [1.807, 2.05) is 6.08 Å². The van der Waals surface area contributed by atoms with Gasteiger partial charge in [0.25, 0.3) is 0 Å². The van der Waals surface area contributed by atoms with Crippen molar-refractivity contribution < 1.29 is 24.5 Å². The Labute approximate surface area is 482 Å². The molecule has 2 unspecified atom stereocenters. The Bertz CT molecular complexity index is 1160. The van der Waals surface area contributed by atoms with Gasteiger partial charge in [0.05, 0.1) is 25.4 Å². The van der Waals surface area contributed by atoms with Crippen LogP contribution in [0.25, 0.3) is 0 Å². The van der Waals surface area contributed by atoms with Crippen LogP contribution in [0.15, 0.2) is 12.2 Å². The quantitative estimate of drug-likeness (QED) is 0.0320. The first-order valence-electron chi connectivity index (χ1n) is 35.5. The molecule has 0 bridgehead atoms. The van der Waals surface area contributed by atoms with Crippen molar-refractivity contribution in [3.05, 3.63) is 12.2 Å². The minimum absolute atomic E-state index is 0.0161. The Hall–Kier alpha value is -1.40. The maximum Gasteiger partial charge on any atom is 0.305 e. The van der Waals surface area contributed by atoms with Gasteiger partial charge in [0.15, 0.2) is 0 Å². The Balaban J connectivity index is 3.40. The van der Waals surface area contributed by atoms with E-state index in [1.165, 1.54) is 340 Å². The fourth-order valence-corrected chi connectivity index (χ4v) is 11.4. The molecule has 6 nitrogen and oxygen atoms in total. The van der Waals surface area contributed by atoms with Crippen LogP contribution in [0.1, 0.15) is 406 Å². The molecule has 0 rings (SSSR count). The molecule has 0 saturated heterocycles. The largest absolute Gasteiger partial charge is 0.466 e. The number of ether oxygens (including phenoxy) is 1. The Kier molecular flexibility index (Phi) is 65.9. The van der Waals surface area contributed by atoms with Crippen molar-refractivity contribution >= 4 is 11.9 Å². The SMILES string of the molecule is CCCCCCCCCCCCCCCCCCCCCCC/C=C/C(O)C(CO)NC(=O)CCCCCCCCCCCCCCCCCCCCCCCOC(=O)CCCCCCCCCCCCCCCCCC. The van der Waals surface area contributed by atoms with E-state index in [9.17, 15) is 19.8 Å². The summed E-state index contributed by atoms with van der Waals surface area (Å²) in [5.74, 6) is -0.0478. The number of aliphatic hydroxyl groups is 2. The molecule has 6 heteroatoms. The lowest BCUT2D eigenvalue weighted by Gasteiger charge is -2.20. The first-order valence-corrected chi connectivity index (χ1v) is 35.5. The molecule has 0 aliphatic carbocycles. The Morgan fingerprint density at radius 1 is 0.351 bits per heavy atom. The van der Waals surface area contributed by atoms with Gasteiger partial charge >= 0.3 is 5.97 Å². The van der Waals surface area contributed by atoms with Gasteiger partial charge < -0.3 is 20.3 Å². The number of rotatable bonds is 67. The number of allylic oxidation sites excluding steroid dienone is 1. The topological polar surface area (TPSA) is 95.9 Å². The lowest BCUT2D eigenvalue weighted by Crippen LogP contribution is -2.45. The van der Waals surface area contributed by atoms with Crippen LogP contribution in [-0.2, 0) is 14.3 Å². The van der Waals surface area contributed by atoms with Crippen molar-refractivity contribution in [2.24, 2.45) is 0 Å². The zero-order valence-electron chi connectivity index (χ0n) is 52.5. The lowest BCUT2D eigenvalue weighted by atomic mass is 10.0. The van der Waals surface area contributed by atoms with Gasteiger partial charge in [0.1, 0.15) is 0 Å². The number of carbonyl (C=O) groups excluding carboxylic acids is 2. The number of amides is 1. The monoisotopic (exact) mass is 1090 g/mol. The molecule has 0 aromatic rings. The van der Waals surface area contributed by atoms with Crippen LogP contribution in [0, 0.1) is 0 Å². The third-order valence-corrected chi connectivity index (χ3v) is 16.8. The first kappa shape index (κ1) is 75.6. The summed E-state index contributed by atoms with van der Waals surface area (Å²) in [7, 11) is 0. The van der Waals surface area contributed by atoms with E-state index in [0.29, 0.717) is 19.4 Å². The second-order valence-electron chi connectivity index (χ2n) is 24.6. The summed E-state index contributed by atoms with van der Waals surface area (Å²) in [5, 5.41) is 23.3. The average molecular weight is 1090 g/mol. The maximum atomic E-state index is 12.5. The van der Waals surface area contributed by atoms with Crippen LogP contribution < -0.4 is 5.32 Å². The predicted molar refractivity (Wildman–Crippen MR) is 338 cm³/mol. The predicted octanol–water partition coefficient (Wildman–Crippen LogP) is 22.8. The van der Waals surface area contributed by atoms with Crippen LogP contribution in [-0.4, -0.2) is 47.4 Å². The number of aliphatic hydroxyl groups excluding tert-OH is 2. The molecule has 0 fully saturated rings. The van der Waals surface area contributed by atoms with Crippen molar-refractivity contribution in [2.45, 2.75) is 418 Å². The molecule has 3 N–H and O–H groups in total. The molecular formula is C71H139NO5. The van der Waals surface area contributed by atoms with Crippen LogP contribution in [0.5, 0.6) is 0 Å². The summed E-state index contributed by atoms with van der Waals surface area (Å²) in [6.07, 6.45) is 82.8. The Morgan fingerprint density at radius 2 is 0.597 bits per heavy atom. The fraction of sp³-hybridized carbons (Fsp3) is 0.944. The van der Waals surface area contributed by atoms with Crippen LogP contribution >= 0.6 is 0 Å². The molecular weight excluding hydrogens is 947 g/mol. The number of hydrogen-bond acceptors (Lipinski definition) is 5. The maximum absolute atomic E-state index is 12.5. The summed E-state index contributed by atoms with van der Waals surface area (Å²) in [4.78, 5) is 24.6. The second kappa shape index (κ2) is 67.1. The third-order valence-electron chi connectivity index (χ3n) is 16.8. The highest BCUT2D eigenvalue weighted by molar-refractivity contribution is 5.76. The summed E-state index contributed by atoms with van der Waals surface area (Å²) >= 11 is 0.